The van der Waals surface area contributed by atoms with Gasteiger partial charge in [0.05, 0.1) is 24.4 Å². The van der Waals surface area contributed by atoms with Crippen molar-refractivity contribution in [2.24, 2.45) is 0 Å². The van der Waals surface area contributed by atoms with Gasteiger partial charge in [-0.05, 0) is 31.2 Å². The van der Waals surface area contributed by atoms with E-state index in [1.54, 1.807) is 6.92 Å². The molecule has 5 rings (SSSR count). The Morgan fingerprint density at radius 1 is 1.05 bits per heavy atom. The molecular weight excluding hydrogens is 548 g/mol. The molecule has 4 atom stereocenters. The van der Waals surface area contributed by atoms with E-state index in [9.17, 15) is 28.2 Å². The van der Waals surface area contributed by atoms with Crippen LogP contribution in [0.5, 0.6) is 0 Å². The minimum absolute atomic E-state index is 0.0427. The zero-order chi connectivity index (χ0) is 28.4. The van der Waals surface area contributed by atoms with E-state index in [2.05, 4.69) is 30.9 Å². The number of carbonyl (C=O) groups is 2. The Morgan fingerprint density at radius 2 is 1.77 bits per heavy atom. The summed E-state index contributed by atoms with van der Waals surface area (Å²) in [6, 6.07) is 5.06. The molecule has 0 unspecified atom stereocenters. The predicted octanol–water partition coefficient (Wildman–Crippen LogP) is -0.753. The maximum Gasteiger partial charge on any atom is 0.324 e. The first-order valence-corrected chi connectivity index (χ1v) is 13.9. The lowest BCUT2D eigenvalue weighted by Gasteiger charge is -2.26. The van der Waals surface area contributed by atoms with Crippen molar-refractivity contribution in [1.82, 2.24) is 29.1 Å². The molecule has 0 bridgehead atoms. The molecule has 2 aliphatic rings. The quantitative estimate of drug-likeness (QED) is 0.236. The van der Waals surface area contributed by atoms with Gasteiger partial charge >= 0.3 is 6.03 Å². The maximum atomic E-state index is 12.8. The van der Waals surface area contributed by atoms with Gasteiger partial charge in [-0.1, -0.05) is 0 Å². The fraction of sp³-hybridized carbons (Fsp3) is 0.435. The van der Waals surface area contributed by atoms with Gasteiger partial charge in [-0.25, -0.2) is 28.2 Å². The molecule has 214 valence electrons. The van der Waals surface area contributed by atoms with Crippen molar-refractivity contribution < 1.29 is 37.7 Å². The van der Waals surface area contributed by atoms with Crippen molar-refractivity contribution in [3.05, 3.63) is 36.9 Å². The van der Waals surface area contributed by atoms with Crippen LogP contribution in [0.15, 0.2) is 41.8 Å². The first-order valence-electron chi connectivity index (χ1n) is 12.4. The summed E-state index contributed by atoms with van der Waals surface area (Å²) in [6.07, 6.45) is -2.93. The highest BCUT2D eigenvalue weighted by Gasteiger charge is 2.47. The number of imidazole rings is 1. The van der Waals surface area contributed by atoms with Crippen LogP contribution in [0.2, 0.25) is 0 Å². The van der Waals surface area contributed by atoms with E-state index in [1.807, 2.05) is 0 Å². The van der Waals surface area contributed by atoms with Crippen molar-refractivity contribution in [3.63, 3.8) is 0 Å². The molecule has 4 heterocycles. The molecule has 1 aromatic carbocycles. The third kappa shape index (κ3) is 5.34. The summed E-state index contributed by atoms with van der Waals surface area (Å²) in [5.41, 5.74) is 0.675. The molecule has 5 N–H and O–H groups in total. The fourth-order valence-corrected chi connectivity index (χ4v) is 5.83. The van der Waals surface area contributed by atoms with Gasteiger partial charge in [0.1, 0.15) is 18.5 Å². The topological polar surface area (TPSA) is 210 Å². The monoisotopic (exact) mass is 576 g/mol. The largest absolute Gasteiger partial charge is 0.387 e. The summed E-state index contributed by atoms with van der Waals surface area (Å²) >= 11 is 0. The summed E-state index contributed by atoms with van der Waals surface area (Å²) in [5, 5.41) is 28.6. The number of ether oxygens (including phenoxy) is 2. The van der Waals surface area contributed by atoms with E-state index in [0.717, 1.165) is 0 Å². The number of aromatic nitrogens is 4. The number of benzene rings is 1. The lowest BCUT2D eigenvalue weighted by atomic mass is 10.1. The predicted molar refractivity (Wildman–Crippen MR) is 139 cm³/mol. The van der Waals surface area contributed by atoms with Crippen molar-refractivity contribution in [3.8, 4) is 0 Å². The average Bonchev–Trinajstić information content (AvgIpc) is 3.51. The van der Waals surface area contributed by atoms with Gasteiger partial charge in [-0.15, -0.1) is 0 Å². The number of likely N-dealkylation sites (N-methyl/N-ethyl adjacent to an activating group) is 1. The number of morpholine rings is 1. The van der Waals surface area contributed by atoms with Crippen LogP contribution in [0.4, 0.5) is 16.3 Å². The highest BCUT2D eigenvalue weighted by atomic mass is 32.2. The first kappa shape index (κ1) is 27.8. The lowest BCUT2D eigenvalue weighted by molar-refractivity contribution is -0.137. The van der Waals surface area contributed by atoms with Crippen LogP contribution in [-0.2, 0) is 24.3 Å². The molecule has 0 spiro atoms. The number of hydrogen-bond donors (Lipinski definition) is 5. The van der Waals surface area contributed by atoms with Gasteiger partial charge in [0.2, 0.25) is 10.0 Å². The molecule has 17 heteroatoms. The van der Waals surface area contributed by atoms with Crippen LogP contribution >= 0.6 is 0 Å². The average molecular weight is 577 g/mol. The molecule has 3 amide bonds. The molecule has 2 saturated heterocycles. The second kappa shape index (κ2) is 11.4. The Hall–Kier alpha value is -3.74. The second-order valence-electron chi connectivity index (χ2n) is 8.99. The third-order valence-electron chi connectivity index (χ3n) is 6.43. The van der Waals surface area contributed by atoms with E-state index < -0.39 is 46.5 Å². The van der Waals surface area contributed by atoms with E-state index >= 15 is 0 Å². The third-order valence-corrected chi connectivity index (χ3v) is 8.35. The number of urea groups is 1. The van der Waals surface area contributed by atoms with Crippen molar-refractivity contribution in [1.29, 1.82) is 0 Å². The van der Waals surface area contributed by atoms with Gasteiger partial charge < -0.3 is 30.3 Å². The van der Waals surface area contributed by atoms with E-state index in [1.165, 1.54) is 45.8 Å². The number of carbonyl (C=O) groups excluding carboxylic acids is 2. The molecule has 2 fully saturated rings. The van der Waals surface area contributed by atoms with E-state index in [0.29, 0.717) is 25.4 Å². The molecular formula is C23H28N8O8S. The Morgan fingerprint density at radius 3 is 2.48 bits per heavy atom. The SMILES string of the molecule is CCNC(=O)[C@H]1O[C@@H](n2cnc3c(NC(=O)Nc4ccc(S(=O)(=O)N5CCOCC5)cc4)ncnc32)[C@H](O)[C@@H]1O. The molecule has 0 aliphatic carbocycles. The zero-order valence-electron chi connectivity index (χ0n) is 21.3. The Bertz CT molecular complexity index is 1490. The van der Waals surface area contributed by atoms with Crippen molar-refractivity contribution in [2.75, 3.05) is 43.5 Å². The number of rotatable bonds is 7. The highest BCUT2D eigenvalue weighted by molar-refractivity contribution is 7.89. The van der Waals surface area contributed by atoms with E-state index in [-0.39, 0.29) is 35.0 Å². The number of nitrogens with one attached hydrogen (secondary N) is 3. The number of aliphatic hydroxyl groups is 2. The Kier molecular flexibility index (Phi) is 7.92. The van der Waals surface area contributed by atoms with Crippen LogP contribution in [0.1, 0.15) is 13.2 Å². The standard InChI is InChI=1S/C23H28N8O8S/c1-2-24-21(34)18-16(32)17(33)22(39-18)31-12-27-15-19(25-11-26-20(15)31)29-23(35)28-13-3-5-14(6-4-13)40(36,37)30-7-9-38-10-8-30/h3-6,11-12,16-18,22,32-33H,2,7-10H2,1H3,(H,24,34)(H2,25,26,28,29,35)/t16-,17+,18-,22+/m0/s1. The normalized spacial score (nSPS) is 23.7. The first-order chi connectivity index (χ1) is 19.2. The summed E-state index contributed by atoms with van der Waals surface area (Å²) < 4.78 is 39.1. The minimum atomic E-state index is -3.67. The molecule has 16 nitrogen and oxygen atoms in total. The number of fused-ring (bicyclic) bond motifs is 1. The maximum absolute atomic E-state index is 12.8. The smallest absolute Gasteiger partial charge is 0.324 e. The number of aliphatic hydroxyl groups excluding tert-OH is 2. The van der Waals surface area contributed by atoms with Gasteiger partial charge in [0, 0.05) is 25.3 Å². The van der Waals surface area contributed by atoms with Gasteiger partial charge in [0.15, 0.2) is 29.3 Å². The summed E-state index contributed by atoms with van der Waals surface area (Å²) in [5.74, 6) is -0.526. The number of sulfonamides is 1. The van der Waals surface area contributed by atoms with Gasteiger partial charge in [0.25, 0.3) is 5.91 Å². The van der Waals surface area contributed by atoms with Crippen LogP contribution in [0, 0.1) is 0 Å². The summed E-state index contributed by atoms with van der Waals surface area (Å²) in [7, 11) is -3.67. The van der Waals surface area contributed by atoms with Crippen molar-refractivity contribution >= 4 is 44.6 Å². The molecule has 40 heavy (non-hydrogen) atoms. The number of hydrogen-bond acceptors (Lipinski definition) is 11. The number of anilines is 2. The lowest BCUT2D eigenvalue weighted by Crippen LogP contribution is -2.42. The Labute approximate surface area is 228 Å². The fourth-order valence-electron chi connectivity index (χ4n) is 4.43. The Balaban J connectivity index is 1.28. The molecule has 3 aromatic rings. The molecule has 0 radical (unpaired) electrons. The molecule has 2 aliphatic heterocycles. The summed E-state index contributed by atoms with van der Waals surface area (Å²) in [4.78, 5) is 37.4. The second-order valence-corrected chi connectivity index (χ2v) is 10.9. The van der Waals surface area contributed by atoms with Gasteiger partial charge in [-0.3, -0.25) is 14.7 Å². The summed E-state index contributed by atoms with van der Waals surface area (Å²) in [6.45, 7) is 3.25. The van der Waals surface area contributed by atoms with Crippen LogP contribution in [-0.4, -0.2) is 106 Å². The highest BCUT2D eigenvalue weighted by Crippen LogP contribution is 2.32. The molecule has 2 aromatic heterocycles. The minimum Gasteiger partial charge on any atom is -0.387 e. The van der Waals surface area contributed by atoms with E-state index in [4.69, 9.17) is 9.47 Å². The van der Waals surface area contributed by atoms with Crippen LogP contribution in [0.25, 0.3) is 11.2 Å². The van der Waals surface area contributed by atoms with Crippen molar-refractivity contribution in [2.45, 2.75) is 36.4 Å². The molecule has 0 saturated carbocycles. The van der Waals surface area contributed by atoms with Crippen LogP contribution in [0.3, 0.4) is 0 Å². The zero-order valence-corrected chi connectivity index (χ0v) is 22.1. The number of nitrogens with zero attached hydrogens (tertiary/aromatic N) is 5. The number of amides is 3. The van der Waals surface area contributed by atoms with Gasteiger partial charge in [-0.2, -0.15) is 4.31 Å². The van der Waals surface area contributed by atoms with Crippen LogP contribution < -0.4 is 16.0 Å².